The van der Waals surface area contributed by atoms with Crippen molar-refractivity contribution in [2.45, 2.75) is 140 Å². The fraction of sp³-hybridized carbons (Fsp3) is 0.705. The maximum Gasteiger partial charge on any atom is 0.426 e. The molecule has 0 spiro atoms. The number of likely N-dealkylation sites (tertiary alicyclic amines) is 1. The fourth-order valence-corrected chi connectivity index (χ4v) is 8.46. The number of benzene rings is 1. The van der Waals surface area contributed by atoms with Gasteiger partial charge in [0.1, 0.15) is 42.4 Å². The summed E-state index contributed by atoms with van der Waals surface area (Å²) >= 11 is 12.9. The molecule has 1 aromatic carbocycles. The van der Waals surface area contributed by atoms with Crippen LogP contribution in [-0.4, -0.2) is 169 Å². The molecule has 0 unspecified atom stereocenters. The number of hydrogen-bond donors (Lipinski definition) is 5. The number of amides is 7. The van der Waals surface area contributed by atoms with Gasteiger partial charge in [-0.1, -0.05) is 44.0 Å². The first-order chi connectivity index (χ1) is 31.4. The van der Waals surface area contributed by atoms with Gasteiger partial charge in [0.25, 0.3) is 5.91 Å². The lowest BCUT2D eigenvalue weighted by atomic mass is 9.97. The Balaban J connectivity index is 2.11. The highest BCUT2D eigenvalue weighted by Gasteiger charge is 2.59. The van der Waals surface area contributed by atoms with Crippen LogP contribution >= 0.6 is 23.2 Å². The lowest BCUT2D eigenvalue weighted by molar-refractivity contribution is -0.250. The first-order valence-corrected chi connectivity index (χ1v) is 23.1. The van der Waals surface area contributed by atoms with E-state index in [4.69, 9.17) is 32.7 Å². The van der Waals surface area contributed by atoms with Gasteiger partial charge in [0.15, 0.2) is 0 Å². The Morgan fingerprint density at radius 1 is 1.00 bits per heavy atom. The number of likely N-dealkylation sites (N-methyl/N-ethyl adjacent to an activating group) is 1. The molecule has 7 amide bonds. The standard InChI is InChI=1S/C44H65Cl2F4N7O10/c1-8-17-56-34(21-26-20-27(45)13-14-29(26)46)38(60)54-32(24-67-7)36(58)51-16-11-10-12-33(37(59)53-31(41(56)63)19-25(3)4)55(9-2)40(62)30(15-18-66-6)52-39(61)35-22-28(47)23-57(35)42(64)43(5,65)44(48,49)50/h13-14,20,25,28,30-35,65H,8-12,15-19,21-24H2,1-7H3,(H,51,58)(H,52,61)(H,53,59)(H,54,60)/t28-,30+,31+,32-,33+,34+,35+,43-/m1/s1. The molecule has 0 radical (unpaired) electrons. The number of alkyl halides is 4. The molecule has 0 bridgehead atoms. The lowest BCUT2D eigenvalue weighted by Gasteiger charge is -2.37. The number of carbonyl (C=O) groups excluding carboxylic acids is 7. The third-order valence-electron chi connectivity index (χ3n) is 11.6. The summed E-state index contributed by atoms with van der Waals surface area (Å²) in [4.78, 5) is 102. The van der Waals surface area contributed by atoms with Crippen LogP contribution in [0, 0.1) is 5.92 Å². The number of nitrogens with one attached hydrogen (secondary N) is 4. The Morgan fingerprint density at radius 2 is 1.67 bits per heavy atom. The molecule has 378 valence electrons. The molecule has 2 fully saturated rings. The van der Waals surface area contributed by atoms with Crippen molar-refractivity contribution in [3.8, 4) is 0 Å². The predicted molar refractivity (Wildman–Crippen MR) is 239 cm³/mol. The van der Waals surface area contributed by atoms with Crippen LogP contribution in [0.5, 0.6) is 0 Å². The minimum atomic E-state index is -5.46. The molecule has 2 heterocycles. The molecular weight excluding hydrogens is 933 g/mol. The maximum atomic E-state index is 14.9. The van der Waals surface area contributed by atoms with Crippen molar-refractivity contribution in [1.82, 2.24) is 36.0 Å². The Hall–Kier alpha value is -4.31. The van der Waals surface area contributed by atoms with Crippen LogP contribution in [-0.2, 0) is 49.5 Å². The topological polar surface area (TPSA) is 216 Å². The number of nitrogens with zero attached hydrogens (tertiary/aromatic N) is 3. The average Bonchev–Trinajstić information content (AvgIpc) is 3.66. The van der Waals surface area contributed by atoms with E-state index in [1.54, 1.807) is 32.0 Å². The highest BCUT2D eigenvalue weighted by atomic mass is 35.5. The van der Waals surface area contributed by atoms with Crippen molar-refractivity contribution in [3.05, 3.63) is 33.8 Å². The Morgan fingerprint density at radius 3 is 2.27 bits per heavy atom. The second kappa shape index (κ2) is 25.9. The second-order valence-electron chi connectivity index (χ2n) is 17.3. The smallest absolute Gasteiger partial charge is 0.385 e. The third kappa shape index (κ3) is 15.3. The average molecular weight is 999 g/mol. The molecule has 0 saturated carbocycles. The molecule has 8 atom stereocenters. The molecule has 1 aromatic rings. The Labute approximate surface area is 398 Å². The van der Waals surface area contributed by atoms with Gasteiger partial charge in [0.05, 0.1) is 13.2 Å². The summed E-state index contributed by atoms with van der Waals surface area (Å²) in [6.45, 7) is 5.83. The molecule has 17 nitrogen and oxygen atoms in total. The van der Waals surface area contributed by atoms with Crippen LogP contribution in [0.1, 0.15) is 85.1 Å². The van der Waals surface area contributed by atoms with Crippen molar-refractivity contribution in [2.75, 3.05) is 53.6 Å². The minimum Gasteiger partial charge on any atom is -0.385 e. The summed E-state index contributed by atoms with van der Waals surface area (Å²) in [5.74, 6) is -6.89. The number of methoxy groups -OCH3 is 2. The number of carbonyl (C=O) groups is 7. The van der Waals surface area contributed by atoms with Gasteiger partial charge >= 0.3 is 6.18 Å². The number of hydrogen-bond acceptors (Lipinski definition) is 10. The van der Waals surface area contributed by atoms with E-state index in [0.717, 1.165) is 4.90 Å². The zero-order chi connectivity index (χ0) is 50.4. The minimum absolute atomic E-state index is 0.0194. The van der Waals surface area contributed by atoms with Crippen molar-refractivity contribution in [3.63, 3.8) is 0 Å². The molecule has 5 N–H and O–H groups in total. The molecular formula is C44H65Cl2F4N7O10. The van der Waals surface area contributed by atoms with Gasteiger partial charge < -0.3 is 50.5 Å². The maximum absolute atomic E-state index is 14.9. The van der Waals surface area contributed by atoms with Gasteiger partial charge in [0, 0.05) is 63.3 Å². The van der Waals surface area contributed by atoms with Crippen molar-refractivity contribution in [1.29, 1.82) is 0 Å². The predicted octanol–water partition coefficient (Wildman–Crippen LogP) is 3.10. The zero-order valence-corrected chi connectivity index (χ0v) is 40.5. The van der Waals surface area contributed by atoms with Crippen molar-refractivity contribution >= 4 is 64.6 Å². The number of rotatable bonds is 17. The van der Waals surface area contributed by atoms with E-state index < -0.39 is 109 Å². The molecule has 2 aliphatic rings. The fourth-order valence-electron chi connectivity index (χ4n) is 8.07. The third-order valence-corrected chi connectivity index (χ3v) is 12.3. The van der Waals surface area contributed by atoms with Crippen LogP contribution in [0.4, 0.5) is 17.6 Å². The van der Waals surface area contributed by atoms with Gasteiger partial charge in [-0.2, -0.15) is 13.2 Å². The van der Waals surface area contributed by atoms with Gasteiger partial charge in [-0.3, -0.25) is 33.6 Å². The Kier molecular flexibility index (Phi) is 22.0. The first-order valence-electron chi connectivity index (χ1n) is 22.4. The van der Waals surface area contributed by atoms with Crippen LogP contribution in [0.25, 0.3) is 0 Å². The highest BCUT2D eigenvalue weighted by molar-refractivity contribution is 6.33. The SMILES string of the molecule is CCCN1C(=O)[C@H](CC(C)C)NC(=O)[C@@H](N(CC)C(=O)[C@H](CCOC)NC(=O)[C@@H]2C[C@@H](F)CN2C(=O)[C@@](C)(O)C(F)(F)F)CCCCNC(=O)[C@@H](COC)NC(=O)[C@@H]1Cc1cc(Cl)ccc1Cl. The monoisotopic (exact) mass is 997 g/mol. The zero-order valence-electron chi connectivity index (χ0n) is 39.0. The molecule has 0 aliphatic carbocycles. The normalized spacial score (nSPS) is 24.1. The Bertz CT molecular complexity index is 1900. The van der Waals surface area contributed by atoms with Crippen LogP contribution in [0.2, 0.25) is 10.0 Å². The van der Waals surface area contributed by atoms with Crippen molar-refractivity contribution in [2.24, 2.45) is 5.92 Å². The number of halogens is 6. The number of aliphatic hydroxyl groups is 1. The first kappa shape index (κ1) is 57.0. The second-order valence-corrected chi connectivity index (χ2v) is 18.2. The molecule has 2 aliphatic heterocycles. The van der Waals surface area contributed by atoms with Gasteiger partial charge in [-0.05, 0) is 82.1 Å². The van der Waals surface area contributed by atoms with E-state index in [0.29, 0.717) is 21.9 Å². The summed E-state index contributed by atoms with van der Waals surface area (Å²) in [6, 6.07) is -3.77. The van der Waals surface area contributed by atoms with Gasteiger partial charge in [-0.15, -0.1) is 0 Å². The van der Waals surface area contributed by atoms with Gasteiger partial charge in [-0.25, -0.2) is 4.39 Å². The van der Waals surface area contributed by atoms with E-state index in [2.05, 4.69) is 21.3 Å². The van der Waals surface area contributed by atoms with Gasteiger partial charge in [0.2, 0.25) is 41.0 Å². The van der Waals surface area contributed by atoms with E-state index in [-0.39, 0.29) is 89.2 Å². The molecule has 0 aromatic heterocycles. The summed E-state index contributed by atoms with van der Waals surface area (Å²) in [5.41, 5.74) is -3.53. The van der Waals surface area contributed by atoms with Crippen LogP contribution in [0.15, 0.2) is 18.2 Å². The van der Waals surface area contributed by atoms with Crippen LogP contribution in [0.3, 0.4) is 0 Å². The lowest BCUT2D eigenvalue weighted by Crippen LogP contribution is -2.62. The summed E-state index contributed by atoms with van der Waals surface area (Å²) in [5, 5.41) is 21.5. The number of ether oxygens (including phenoxy) is 2. The quantitative estimate of drug-likeness (QED) is 0.144. The van der Waals surface area contributed by atoms with E-state index in [1.807, 2.05) is 13.8 Å². The summed E-state index contributed by atoms with van der Waals surface area (Å²) in [7, 11) is 2.66. The summed E-state index contributed by atoms with van der Waals surface area (Å²) in [6.07, 6.45) is -7.59. The largest absolute Gasteiger partial charge is 0.426 e. The molecule has 2 saturated heterocycles. The molecule has 67 heavy (non-hydrogen) atoms. The van der Waals surface area contributed by atoms with Crippen LogP contribution < -0.4 is 21.3 Å². The van der Waals surface area contributed by atoms with E-state index in [1.165, 1.54) is 19.1 Å². The highest BCUT2D eigenvalue weighted by Crippen LogP contribution is 2.34. The summed E-state index contributed by atoms with van der Waals surface area (Å²) < 4.78 is 66.3. The molecule has 3 rings (SSSR count). The van der Waals surface area contributed by atoms with E-state index >= 15 is 0 Å². The molecule has 23 heteroatoms. The van der Waals surface area contributed by atoms with E-state index in [9.17, 15) is 56.2 Å². The van der Waals surface area contributed by atoms with Crippen molar-refractivity contribution < 1.29 is 65.7 Å².